The molecule has 0 bridgehead atoms. The Bertz CT molecular complexity index is 488. The van der Waals surface area contributed by atoms with Crippen molar-refractivity contribution in [1.82, 2.24) is 0 Å². The zero-order valence-electron chi connectivity index (χ0n) is 10.3. The largest absolute Gasteiger partial charge is 0.497 e. The fourth-order valence-electron chi connectivity index (χ4n) is 1.91. The maximum atomic E-state index is 11.1. The van der Waals surface area contributed by atoms with E-state index in [9.17, 15) is 4.79 Å². The minimum Gasteiger partial charge on any atom is -0.497 e. The molecule has 0 aliphatic carbocycles. The molecule has 2 rings (SSSR count). The lowest BCUT2D eigenvalue weighted by molar-refractivity contribution is 0.414. The van der Waals surface area contributed by atoms with Crippen LogP contribution in [0.25, 0.3) is 0 Å². The van der Waals surface area contributed by atoms with Crippen molar-refractivity contribution < 1.29 is 9.53 Å². The van der Waals surface area contributed by atoms with Gasteiger partial charge in [0.25, 0.3) is 0 Å². The van der Waals surface area contributed by atoms with E-state index in [4.69, 9.17) is 4.74 Å². The summed E-state index contributed by atoms with van der Waals surface area (Å²) in [5, 5.41) is 0. The summed E-state index contributed by atoms with van der Waals surface area (Å²) in [6.07, 6.45) is 2.79. The van der Waals surface area contributed by atoms with Crippen molar-refractivity contribution in [1.29, 1.82) is 0 Å². The predicted octanol–water partition coefficient (Wildman–Crippen LogP) is 3.13. The third-order valence-corrected chi connectivity index (χ3v) is 2.94. The summed E-state index contributed by atoms with van der Waals surface area (Å²) >= 11 is 0. The Morgan fingerprint density at radius 3 is 2.28 bits per heavy atom. The monoisotopic (exact) mass is 239 g/mol. The summed E-state index contributed by atoms with van der Waals surface area (Å²) in [7, 11) is 1.63. The summed E-state index contributed by atoms with van der Waals surface area (Å²) in [6, 6.07) is 17.5. The molecule has 0 spiro atoms. The quantitative estimate of drug-likeness (QED) is 0.801. The second-order valence-corrected chi connectivity index (χ2v) is 4.13. The molecule has 0 saturated heterocycles. The first-order valence-corrected chi connectivity index (χ1v) is 5.89. The zero-order chi connectivity index (χ0) is 12.8. The van der Waals surface area contributed by atoms with Gasteiger partial charge >= 0.3 is 0 Å². The number of hydrogen-bond donors (Lipinski definition) is 0. The Balaban J connectivity index is 2.15. The van der Waals surface area contributed by atoms with Crippen LogP contribution in [-0.4, -0.2) is 13.4 Å². The molecule has 1 unspecified atom stereocenters. The van der Waals surface area contributed by atoms with Crippen LogP contribution in [0.4, 0.5) is 0 Å². The molecule has 0 aliphatic heterocycles. The third kappa shape index (κ3) is 2.98. The van der Waals surface area contributed by atoms with Gasteiger partial charge in [0.1, 0.15) is 5.75 Å². The van der Waals surface area contributed by atoms with E-state index in [1.807, 2.05) is 54.6 Å². The average Bonchev–Trinajstić information content (AvgIpc) is 2.46. The Morgan fingerprint density at radius 1 is 1.06 bits per heavy atom. The minimum absolute atomic E-state index is 0.224. The number of methoxy groups -OCH3 is 1. The van der Waals surface area contributed by atoms with Crippen LogP contribution in [0, 0.1) is 0 Å². The number of hydrogen-bond acceptors (Lipinski definition) is 2. The fraction of sp³-hybridized carbons (Fsp3) is 0.188. The molecule has 1 atom stereocenters. The van der Waals surface area contributed by atoms with Crippen LogP contribution < -0.4 is 4.74 Å². The van der Waals surface area contributed by atoms with Crippen LogP contribution >= 0.6 is 0 Å². The predicted molar refractivity (Wildman–Crippen MR) is 71.6 cm³/mol. The van der Waals surface area contributed by atoms with Crippen LogP contribution in [0.5, 0.6) is 5.75 Å². The first-order chi connectivity index (χ1) is 8.83. The first kappa shape index (κ1) is 12.4. The molecule has 0 amide bonds. The number of ether oxygens (including phenoxy) is 1. The molecule has 2 aromatic carbocycles. The van der Waals surface area contributed by atoms with Crippen LogP contribution in [0.2, 0.25) is 0 Å². The van der Waals surface area contributed by atoms with E-state index in [-0.39, 0.29) is 5.92 Å². The molecule has 91 valence electrons. The van der Waals surface area contributed by atoms with E-state index in [2.05, 4.69) is 6.29 Å². The van der Waals surface area contributed by atoms with Crippen LogP contribution in [-0.2, 0) is 11.2 Å². The van der Waals surface area contributed by atoms with Crippen molar-refractivity contribution in [3.8, 4) is 5.75 Å². The van der Waals surface area contributed by atoms with Gasteiger partial charge in [-0.1, -0.05) is 42.5 Å². The molecule has 0 aliphatic rings. The lowest BCUT2D eigenvalue weighted by Gasteiger charge is -2.10. The second kappa shape index (κ2) is 6.01. The normalized spacial score (nSPS) is 11.8. The third-order valence-electron chi connectivity index (χ3n) is 2.94. The zero-order valence-corrected chi connectivity index (χ0v) is 10.3. The molecule has 0 fully saturated rings. The van der Waals surface area contributed by atoms with E-state index in [1.165, 1.54) is 0 Å². The maximum absolute atomic E-state index is 11.1. The molecule has 2 aromatic rings. The summed E-state index contributed by atoms with van der Waals surface area (Å²) < 4.78 is 5.10. The van der Waals surface area contributed by atoms with Crippen LogP contribution in [0.1, 0.15) is 17.0 Å². The van der Waals surface area contributed by atoms with Crippen molar-refractivity contribution in [2.24, 2.45) is 0 Å². The highest BCUT2D eigenvalue weighted by Crippen LogP contribution is 2.21. The van der Waals surface area contributed by atoms with E-state index in [0.29, 0.717) is 6.42 Å². The summed E-state index contributed by atoms with van der Waals surface area (Å²) in [6.45, 7) is 0. The van der Waals surface area contributed by atoms with E-state index < -0.39 is 0 Å². The highest BCUT2D eigenvalue weighted by Gasteiger charge is 2.12. The molecule has 0 aromatic heterocycles. The summed E-state index contributed by atoms with van der Waals surface area (Å²) in [4.78, 5) is 11.1. The molecular weight excluding hydrogens is 224 g/mol. The fourth-order valence-corrected chi connectivity index (χ4v) is 1.91. The van der Waals surface area contributed by atoms with Crippen LogP contribution in [0.15, 0.2) is 54.6 Å². The van der Waals surface area contributed by atoms with Crippen LogP contribution in [0.3, 0.4) is 0 Å². The topological polar surface area (TPSA) is 26.3 Å². The lowest BCUT2D eigenvalue weighted by Crippen LogP contribution is -2.04. The van der Waals surface area contributed by atoms with Gasteiger partial charge in [-0.2, -0.15) is 0 Å². The van der Waals surface area contributed by atoms with E-state index in [0.717, 1.165) is 16.9 Å². The van der Waals surface area contributed by atoms with Gasteiger partial charge in [0.05, 0.1) is 13.0 Å². The highest BCUT2D eigenvalue weighted by molar-refractivity contribution is 5.63. The maximum Gasteiger partial charge on any atom is 0.206 e. The van der Waals surface area contributed by atoms with Gasteiger partial charge in [0.15, 0.2) is 0 Å². The van der Waals surface area contributed by atoms with Gasteiger partial charge in [0.2, 0.25) is 6.29 Å². The number of benzene rings is 2. The van der Waals surface area contributed by atoms with Gasteiger partial charge in [-0.3, -0.25) is 4.79 Å². The number of carbonyl (C=O) groups excluding carboxylic acids is 1. The van der Waals surface area contributed by atoms with E-state index >= 15 is 0 Å². The molecule has 2 nitrogen and oxygen atoms in total. The van der Waals surface area contributed by atoms with Crippen molar-refractivity contribution in [2.45, 2.75) is 12.3 Å². The first-order valence-electron chi connectivity index (χ1n) is 5.89. The van der Waals surface area contributed by atoms with Gasteiger partial charge in [-0.25, -0.2) is 0 Å². The second-order valence-electron chi connectivity index (χ2n) is 4.13. The van der Waals surface area contributed by atoms with Gasteiger partial charge in [-0.15, -0.1) is 0 Å². The van der Waals surface area contributed by atoms with Crippen molar-refractivity contribution in [3.05, 3.63) is 65.7 Å². The Kier molecular flexibility index (Phi) is 4.13. The number of rotatable bonds is 5. The average molecular weight is 239 g/mol. The molecule has 0 saturated carbocycles. The molecule has 18 heavy (non-hydrogen) atoms. The van der Waals surface area contributed by atoms with Crippen molar-refractivity contribution in [2.75, 3.05) is 7.11 Å². The minimum atomic E-state index is -0.224. The summed E-state index contributed by atoms with van der Waals surface area (Å²) in [5.41, 5.74) is 2.11. The molecular formula is C16H15O2. The highest BCUT2D eigenvalue weighted by atomic mass is 16.5. The van der Waals surface area contributed by atoms with E-state index in [1.54, 1.807) is 7.11 Å². The Labute approximate surface area is 107 Å². The SMILES string of the molecule is COc1ccc(C([C]=O)Cc2ccccc2)cc1. The summed E-state index contributed by atoms with van der Waals surface area (Å²) in [5.74, 6) is 0.571. The Morgan fingerprint density at radius 2 is 1.72 bits per heavy atom. The molecule has 0 heterocycles. The van der Waals surface area contributed by atoms with Gasteiger partial charge in [0, 0.05) is 0 Å². The molecule has 1 radical (unpaired) electrons. The van der Waals surface area contributed by atoms with Gasteiger partial charge in [-0.05, 0) is 29.7 Å². The smallest absolute Gasteiger partial charge is 0.206 e. The standard InChI is InChI=1S/C16H15O2/c1-18-16-9-7-14(8-10-16)15(12-17)11-13-5-3-2-4-6-13/h2-10,15H,11H2,1H3. The Hall–Kier alpha value is -2.09. The van der Waals surface area contributed by atoms with Gasteiger partial charge < -0.3 is 4.74 Å². The molecule has 0 N–H and O–H groups in total. The lowest BCUT2D eigenvalue weighted by atomic mass is 9.93. The van der Waals surface area contributed by atoms with Crippen molar-refractivity contribution >= 4 is 6.29 Å². The van der Waals surface area contributed by atoms with Crippen molar-refractivity contribution in [3.63, 3.8) is 0 Å². The molecule has 2 heteroatoms.